The summed E-state index contributed by atoms with van der Waals surface area (Å²) >= 11 is 0. The molecule has 2 bridgehead atoms. The van der Waals surface area contributed by atoms with E-state index in [-0.39, 0.29) is 5.41 Å². The first-order valence-electron chi connectivity index (χ1n) is 6.86. The smallest absolute Gasteiger partial charge is 0.139 e. The molecule has 0 aromatic rings. The van der Waals surface area contributed by atoms with Crippen molar-refractivity contribution >= 4 is 5.78 Å². The van der Waals surface area contributed by atoms with Crippen LogP contribution in [-0.2, 0) is 4.79 Å². The average molecular weight is 220 g/mol. The van der Waals surface area contributed by atoms with Crippen molar-refractivity contribution in [2.75, 3.05) is 0 Å². The largest absolute Gasteiger partial charge is 0.299 e. The van der Waals surface area contributed by atoms with E-state index in [0.717, 1.165) is 24.7 Å². The first-order chi connectivity index (χ1) is 7.32. The lowest BCUT2D eigenvalue weighted by Gasteiger charge is -2.54. The Labute approximate surface area is 99.0 Å². The zero-order chi connectivity index (χ0) is 11.8. The number of hydrogen-bond acceptors (Lipinski definition) is 1. The Kier molecular flexibility index (Phi) is 1.85. The second-order valence-corrected chi connectivity index (χ2v) is 7.56. The molecule has 0 aromatic heterocycles. The minimum Gasteiger partial charge on any atom is -0.299 e. The fraction of sp³-hybridized carbons (Fsp3) is 0.933. The van der Waals surface area contributed by atoms with Gasteiger partial charge in [0.25, 0.3) is 0 Å². The molecule has 16 heavy (non-hydrogen) atoms. The molecule has 3 atom stereocenters. The van der Waals surface area contributed by atoms with Crippen molar-refractivity contribution in [2.24, 2.45) is 28.1 Å². The quantitative estimate of drug-likeness (QED) is 0.606. The molecule has 3 aliphatic carbocycles. The van der Waals surface area contributed by atoms with Gasteiger partial charge in [-0.15, -0.1) is 0 Å². The third-order valence-corrected chi connectivity index (χ3v) is 6.77. The SMILES string of the molecule is CC1(C)[C@H]2CC[C@@]3(C2)[C@H]1CCC(=O)C3(C)C. The lowest BCUT2D eigenvalue weighted by Crippen LogP contribution is -2.52. The lowest BCUT2D eigenvalue weighted by molar-refractivity contribution is -0.147. The van der Waals surface area contributed by atoms with Gasteiger partial charge in [-0.1, -0.05) is 27.7 Å². The van der Waals surface area contributed by atoms with Gasteiger partial charge in [0.1, 0.15) is 5.78 Å². The highest BCUT2D eigenvalue weighted by atomic mass is 16.1. The Balaban J connectivity index is 2.11. The summed E-state index contributed by atoms with van der Waals surface area (Å²) < 4.78 is 0. The van der Waals surface area contributed by atoms with Crippen LogP contribution in [0.4, 0.5) is 0 Å². The van der Waals surface area contributed by atoms with Gasteiger partial charge in [0.2, 0.25) is 0 Å². The maximum absolute atomic E-state index is 12.3. The van der Waals surface area contributed by atoms with Crippen molar-refractivity contribution in [1.29, 1.82) is 0 Å². The Morgan fingerprint density at radius 3 is 2.50 bits per heavy atom. The van der Waals surface area contributed by atoms with Crippen LogP contribution in [-0.4, -0.2) is 5.78 Å². The summed E-state index contributed by atoms with van der Waals surface area (Å²) in [5, 5.41) is 0. The summed E-state index contributed by atoms with van der Waals surface area (Å²) in [5.41, 5.74) is 0.783. The topological polar surface area (TPSA) is 17.1 Å². The van der Waals surface area contributed by atoms with Crippen LogP contribution in [0.2, 0.25) is 0 Å². The maximum atomic E-state index is 12.3. The second kappa shape index (κ2) is 2.73. The van der Waals surface area contributed by atoms with E-state index in [1.807, 2.05) is 0 Å². The molecular weight excluding hydrogens is 196 g/mol. The number of hydrogen-bond donors (Lipinski definition) is 0. The molecule has 0 saturated heterocycles. The van der Waals surface area contributed by atoms with Crippen molar-refractivity contribution in [2.45, 2.75) is 59.8 Å². The Hall–Kier alpha value is -0.330. The van der Waals surface area contributed by atoms with Gasteiger partial charge < -0.3 is 0 Å². The fourth-order valence-electron chi connectivity index (χ4n) is 5.54. The van der Waals surface area contributed by atoms with Gasteiger partial charge in [-0.05, 0) is 48.3 Å². The van der Waals surface area contributed by atoms with Crippen LogP contribution in [0.15, 0.2) is 0 Å². The van der Waals surface area contributed by atoms with Gasteiger partial charge in [-0.2, -0.15) is 0 Å². The van der Waals surface area contributed by atoms with Crippen LogP contribution in [0.1, 0.15) is 59.8 Å². The molecule has 0 aromatic carbocycles. The number of carbonyl (C=O) groups excluding carboxylic acids is 1. The van der Waals surface area contributed by atoms with Gasteiger partial charge in [0, 0.05) is 11.8 Å². The summed E-state index contributed by atoms with van der Waals surface area (Å²) in [6.45, 7) is 9.36. The van der Waals surface area contributed by atoms with E-state index in [9.17, 15) is 4.79 Å². The van der Waals surface area contributed by atoms with Crippen molar-refractivity contribution in [1.82, 2.24) is 0 Å². The molecule has 1 heteroatoms. The minimum absolute atomic E-state index is 0.0571. The summed E-state index contributed by atoms with van der Waals surface area (Å²) in [6.07, 6.45) is 5.98. The van der Waals surface area contributed by atoms with E-state index >= 15 is 0 Å². The molecule has 0 unspecified atom stereocenters. The van der Waals surface area contributed by atoms with Crippen LogP contribution >= 0.6 is 0 Å². The standard InChI is InChI=1S/C15H24O/c1-13(2)10-7-8-15(9-10)11(13)5-6-12(16)14(15,3)4/h10-11H,5-9H2,1-4H3/t10-,11-,15+/m0/s1. The van der Waals surface area contributed by atoms with Crippen LogP contribution in [0, 0.1) is 28.1 Å². The predicted octanol–water partition coefficient (Wildman–Crippen LogP) is 3.82. The van der Waals surface area contributed by atoms with Gasteiger partial charge in [-0.25, -0.2) is 0 Å². The van der Waals surface area contributed by atoms with Crippen LogP contribution in [0.5, 0.6) is 0 Å². The van der Waals surface area contributed by atoms with Crippen LogP contribution in [0.25, 0.3) is 0 Å². The zero-order valence-electron chi connectivity index (χ0n) is 11.1. The first-order valence-corrected chi connectivity index (χ1v) is 6.86. The maximum Gasteiger partial charge on any atom is 0.139 e. The molecule has 3 aliphatic rings. The number of carbonyl (C=O) groups is 1. The van der Waals surface area contributed by atoms with Crippen LogP contribution in [0.3, 0.4) is 0 Å². The fourth-order valence-corrected chi connectivity index (χ4v) is 5.54. The number of ketones is 1. The highest BCUT2D eigenvalue weighted by Gasteiger charge is 2.69. The molecule has 3 fully saturated rings. The molecule has 3 saturated carbocycles. The van der Waals surface area contributed by atoms with E-state index in [4.69, 9.17) is 0 Å². The monoisotopic (exact) mass is 220 g/mol. The zero-order valence-corrected chi connectivity index (χ0v) is 11.1. The van der Waals surface area contributed by atoms with E-state index in [2.05, 4.69) is 27.7 Å². The van der Waals surface area contributed by atoms with E-state index in [1.54, 1.807) is 0 Å². The second-order valence-electron chi connectivity index (χ2n) is 7.56. The normalized spacial score (nSPS) is 48.1. The van der Waals surface area contributed by atoms with Gasteiger partial charge in [-0.3, -0.25) is 4.79 Å². The molecule has 0 heterocycles. The lowest BCUT2D eigenvalue weighted by atomic mass is 9.49. The Morgan fingerprint density at radius 2 is 1.81 bits per heavy atom. The predicted molar refractivity (Wildman–Crippen MR) is 65.1 cm³/mol. The molecule has 0 radical (unpaired) electrons. The molecule has 3 rings (SSSR count). The van der Waals surface area contributed by atoms with Gasteiger partial charge >= 0.3 is 0 Å². The van der Waals surface area contributed by atoms with Crippen LogP contribution < -0.4 is 0 Å². The van der Waals surface area contributed by atoms with E-state index in [0.29, 0.717) is 16.6 Å². The van der Waals surface area contributed by atoms with Crippen molar-refractivity contribution in [3.05, 3.63) is 0 Å². The van der Waals surface area contributed by atoms with Crippen molar-refractivity contribution in [3.8, 4) is 0 Å². The summed E-state index contributed by atoms with van der Waals surface area (Å²) in [4.78, 5) is 12.3. The first kappa shape index (κ1) is 10.8. The highest BCUT2D eigenvalue weighted by molar-refractivity contribution is 5.86. The van der Waals surface area contributed by atoms with Gasteiger partial charge in [0.15, 0.2) is 0 Å². The third kappa shape index (κ3) is 0.926. The summed E-state index contributed by atoms with van der Waals surface area (Å²) in [5.74, 6) is 2.20. The summed E-state index contributed by atoms with van der Waals surface area (Å²) in [6, 6.07) is 0. The average Bonchev–Trinajstić information content (AvgIpc) is 2.69. The van der Waals surface area contributed by atoms with Crippen molar-refractivity contribution < 1.29 is 4.79 Å². The number of fused-ring (bicyclic) bond motifs is 1. The molecule has 1 spiro atoms. The molecular formula is C15H24O. The molecule has 0 amide bonds. The molecule has 0 aliphatic heterocycles. The third-order valence-electron chi connectivity index (χ3n) is 6.77. The molecule has 0 N–H and O–H groups in total. The van der Waals surface area contributed by atoms with Gasteiger partial charge in [0.05, 0.1) is 0 Å². The molecule has 90 valence electrons. The highest BCUT2D eigenvalue weighted by Crippen LogP contribution is 2.74. The van der Waals surface area contributed by atoms with E-state index in [1.165, 1.54) is 19.3 Å². The van der Waals surface area contributed by atoms with E-state index < -0.39 is 0 Å². The molecule has 1 nitrogen and oxygen atoms in total. The number of Topliss-reactive ketones (excluding diaryl/α,β-unsaturated/α-hetero) is 1. The minimum atomic E-state index is -0.0571. The number of rotatable bonds is 0. The Morgan fingerprint density at radius 1 is 1.12 bits per heavy atom. The van der Waals surface area contributed by atoms with Crippen molar-refractivity contribution in [3.63, 3.8) is 0 Å². The summed E-state index contributed by atoms with van der Waals surface area (Å²) in [7, 11) is 0. The Bertz CT molecular complexity index is 352.